The molecule has 0 radical (unpaired) electrons. The fraction of sp³-hybridized carbons (Fsp3) is 0.143. The molecule has 0 bridgehead atoms. The second-order valence-electron chi connectivity index (χ2n) is 8.62. The molecule has 1 aliphatic carbocycles. The van der Waals surface area contributed by atoms with Crippen LogP contribution in [0.4, 0.5) is 8.78 Å². The number of hydrogen-bond donors (Lipinski definition) is 3. The van der Waals surface area contributed by atoms with E-state index in [1.165, 1.54) is 42.5 Å². The molecule has 0 aliphatic heterocycles. The molecule has 3 N–H and O–H groups in total. The zero-order valence-electron chi connectivity index (χ0n) is 19.2. The maximum Gasteiger partial charge on any atom is 0.326 e. The van der Waals surface area contributed by atoms with E-state index in [2.05, 4.69) is 5.32 Å². The van der Waals surface area contributed by atoms with Gasteiger partial charge in [-0.05, 0) is 58.2 Å². The van der Waals surface area contributed by atoms with Crippen LogP contribution in [0, 0.1) is 11.6 Å². The van der Waals surface area contributed by atoms with Gasteiger partial charge in [0.25, 0.3) is 0 Å². The van der Waals surface area contributed by atoms with Gasteiger partial charge in [0.1, 0.15) is 23.4 Å². The number of benzene rings is 3. The van der Waals surface area contributed by atoms with Crippen molar-refractivity contribution in [3.8, 4) is 11.1 Å². The molecule has 37 heavy (non-hydrogen) atoms. The van der Waals surface area contributed by atoms with Crippen molar-refractivity contribution in [2.24, 2.45) is 0 Å². The Labute approximate surface area is 221 Å². The van der Waals surface area contributed by atoms with Crippen molar-refractivity contribution < 1.29 is 28.6 Å². The zero-order valence-corrected chi connectivity index (χ0v) is 20.7. The second kappa shape index (κ2) is 10.7. The van der Waals surface area contributed by atoms with Crippen molar-refractivity contribution in [2.45, 2.75) is 23.8 Å². The predicted molar refractivity (Wildman–Crippen MR) is 138 cm³/mol. The van der Waals surface area contributed by atoms with Crippen LogP contribution < -0.4 is 5.32 Å². The summed E-state index contributed by atoms with van der Waals surface area (Å²) in [6.45, 7) is 0. The largest absolute Gasteiger partial charge is 0.510 e. The molecule has 0 spiro atoms. The minimum absolute atomic E-state index is 0.0114. The lowest BCUT2D eigenvalue weighted by atomic mass is 9.87. The van der Waals surface area contributed by atoms with Crippen LogP contribution in [0.5, 0.6) is 0 Å². The third-order valence-electron chi connectivity index (χ3n) is 6.11. The summed E-state index contributed by atoms with van der Waals surface area (Å²) in [7, 11) is 0. The highest BCUT2D eigenvalue weighted by Crippen LogP contribution is 2.39. The number of allylic oxidation sites excluding steroid dienone is 3. The van der Waals surface area contributed by atoms with E-state index in [1.54, 1.807) is 36.4 Å². The van der Waals surface area contributed by atoms with E-state index in [-0.39, 0.29) is 17.9 Å². The molecule has 0 saturated carbocycles. The van der Waals surface area contributed by atoms with E-state index in [4.69, 9.17) is 23.2 Å². The van der Waals surface area contributed by atoms with Crippen molar-refractivity contribution in [3.05, 3.63) is 112 Å². The Kier molecular flexibility index (Phi) is 7.66. The average molecular weight is 544 g/mol. The van der Waals surface area contributed by atoms with Crippen LogP contribution >= 0.6 is 23.2 Å². The quantitative estimate of drug-likeness (QED) is 0.305. The van der Waals surface area contributed by atoms with Crippen LogP contribution in [0.25, 0.3) is 16.7 Å². The van der Waals surface area contributed by atoms with Crippen LogP contribution in [0.2, 0.25) is 5.02 Å². The van der Waals surface area contributed by atoms with E-state index >= 15 is 0 Å². The minimum Gasteiger partial charge on any atom is -0.510 e. The number of amides is 1. The first-order valence-corrected chi connectivity index (χ1v) is 12.0. The SMILES string of the molecule is O=C(O)[C@H](Cc1ccc(-c2ccc(F)c(Cl)c2)cc1)NC(=O)C1(Cl)CC(c2ccc(F)cc2)=CC=C1O. The highest BCUT2D eigenvalue weighted by Gasteiger charge is 2.44. The van der Waals surface area contributed by atoms with Crippen molar-refractivity contribution in [1.82, 2.24) is 5.32 Å². The zero-order chi connectivity index (χ0) is 26.7. The Morgan fingerprint density at radius 2 is 1.57 bits per heavy atom. The lowest BCUT2D eigenvalue weighted by Crippen LogP contribution is -2.51. The van der Waals surface area contributed by atoms with Gasteiger partial charge in [0.05, 0.1) is 5.02 Å². The molecule has 1 aliphatic rings. The summed E-state index contributed by atoms with van der Waals surface area (Å²) in [5, 5.41) is 22.6. The van der Waals surface area contributed by atoms with Gasteiger partial charge in [-0.25, -0.2) is 13.6 Å². The van der Waals surface area contributed by atoms with Crippen molar-refractivity contribution >= 4 is 40.7 Å². The van der Waals surface area contributed by atoms with Crippen molar-refractivity contribution in [2.75, 3.05) is 0 Å². The molecule has 0 aromatic heterocycles. The van der Waals surface area contributed by atoms with E-state index in [1.807, 2.05) is 0 Å². The fourth-order valence-corrected chi connectivity index (χ4v) is 4.44. The Balaban J connectivity index is 1.48. The van der Waals surface area contributed by atoms with Gasteiger partial charge >= 0.3 is 5.97 Å². The molecule has 0 fully saturated rings. The number of alkyl halides is 1. The number of carbonyl (C=O) groups is 2. The first-order chi connectivity index (χ1) is 17.6. The van der Waals surface area contributed by atoms with Crippen LogP contribution in [-0.2, 0) is 16.0 Å². The van der Waals surface area contributed by atoms with Gasteiger partial charge < -0.3 is 15.5 Å². The molecule has 3 aromatic carbocycles. The minimum atomic E-state index is -1.93. The van der Waals surface area contributed by atoms with E-state index < -0.39 is 40.2 Å². The molecule has 2 atom stereocenters. The first kappa shape index (κ1) is 26.4. The van der Waals surface area contributed by atoms with Crippen LogP contribution in [0.1, 0.15) is 17.5 Å². The lowest BCUT2D eigenvalue weighted by Gasteiger charge is -2.30. The first-order valence-electron chi connectivity index (χ1n) is 11.2. The van der Waals surface area contributed by atoms with Crippen molar-refractivity contribution in [1.29, 1.82) is 0 Å². The topological polar surface area (TPSA) is 86.6 Å². The number of aliphatic hydroxyl groups is 1. The number of nitrogens with one attached hydrogen (secondary N) is 1. The molecule has 0 saturated heterocycles. The number of aliphatic hydroxyl groups excluding tert-OH is 1. The number of carboxylic acid groups (broad SMARTS) is 1. The monoisotopic (exact) mass is 543 g/mol. The second-order valence-corrected chi connectivity index (χ2v) is 9.68. The van der Waals surface area contributed by atoms with Gasteiger partial charge in [-0.15, -0.1) is 0 Å². The van der Waals surface area contributed by atoms with Gasteiger partial charge in [-0.1, -0.05) is 71.7 Å². The van der Waals surface area contributed by atoms with Crippen LogP contribution in [-0.4, -0.2) is 33.0 Å². The van der Waals surface area contributed by atoms with Crippen LogP contribution in [0.15, 0.2) is 84.6 Å². The number of hydrogen-bond acceptors (Lipinski definition) is 3. The standard InChI is InChI=1S/C28H21Cl2F2NO4/c29-22-14-19(7-11-23(22)32)17-3-1-16(2-4-17)13-24(26(35)36)33-27(37)28(30)15-20(8-12-25(28)34)18-5-9-21(31)10-6-18/h1-12,14,24,34H,13,15H2,(H,33,37)(H,35,36)/t24-,28?/m0/s1. The molecule has 0 heterocycles. The predicted octanol–water partition coefficient (Wildman–Crippen LogP) is 6.30. The Morgan fingerprint density at radius 1 is 0.946 bits per heavy atom. The summed E-state index contributed by atoms with van der Waals surface area (Å²) < 4.78 is 26.7. The lowest BCUT2D eigenvalue weighted by molar-refractivity contribution is -0.142. The maximum atomic E-state index is 13.4. The molecule has 9 heteroatoms. The number of carbonyl (C=O) groups excluding carboxylic acids is 1. The Morgan fingerprint density at radius 3 is 2.19 bits per heavy atom. The molecule has 1 unspecified atom stereocenters. The summed E-state index contributed by atoms with van der Waals surface area (Å²) in [6, 6.07) is 15.4. The van der Waals surface area contributed by atoms with Crippen molar-refractivity contribution in [3.63, 3.8) is 0 Å². The summed E-state index contributed by atoms with van der Waals surface area (Å²) in [5.41, 5.74) is 3.24. The number of halogens is 4. The molecular weight excluding hydrogens is 523 g/mol. The smallest absolute Gasteiger partial charge is 0.326 e. The van der Waals surface area contributed by atoms with Gasteiger partial charge in [0.2, 0.25) is 5.91 Å². The van der Waals surface area contributed by atoms with E-state index in [9.17, 15) is 28.6 Å². The molecule has 190 valence electrons. The number of carboxylic acids is 1. The van der Waals surface area contributed by atoms with Gasteiger partial charge in [-0.3, -0.25) is 4.79 Å². The Hall–Kier alpha value is -3.68. The highest BCUT2D eigenvalue weighted by atomic mass is 35.5. The summed E-state index contributed by atoms with van der Waals surface area (Å²) in [4.78, 5) is 23.1. The van der Waals surface area contributed by atoms with Gasteiger partial charge in [0.15, 0.2) is 4.87 Å². The fourth-order valence-electron chi connectivity index (χ4n) is 4.00. The third-order valence-corrected chi connectivity index (χ3v) is 6.90. The van der Waals surface area contributed by atoms with Gasteiger partial charge in [0, 0.05) is 12.8 Å². The Bertz CT molecular complexity index is 1400. The molecular formula is C28H21Cl2F2NO4. The summed E-state index contributed by atoms with van der Waals surface area (Å²) >= 11 is 12.4. The number of rotatable bonds is 7. The average Bonchev–Trinajstić information content (AvgIpc) is 2.88. The van der Waals surface area contributed by atoms with Crippen LogP contribution in [0.3, 0.4) is 0 Å². The molecule has 3 aromatic rings. The molecule has 4 rings (SSSR count). The van der Waals surface area contributed by atoms with E-state index in [0.717, 1.165) is 5.56 Å². The summed E-state index contributed by atoms with van der Waals surface area (Å²) in [6.07, 6.45) is 2.66. The third kappa shape index (κ3) is 5.84. The molecule has 5 nitrogen and oxygen atoms in total. The normalized spacial score (nSPS) is 17.9. The van der Waals surface area contributed by atoms with Gasteiger partial charge in [-0.2, -0.15) is 0 Å². The van der Waals surface area contributed by atoms with E-state index in [0.29, 0.717) is 22.3 Å². The molecule has 1 amide bonds. The number of aliphatic carboxylic acids is 1. The summed E-state index contributed by atoms with van der Waals surface area (Å²) in [5.74, 6) is -3.54. The highest BCUT2D eigenvalue weighted by molar-refractivity contribution is 6.38. The maximum absolute atomic E-state index is 13.4.